The van der Waals surface area contributed by atoms with Crippen LogP contribution in [0.1, 0.15) is 16.7 Å². The lowest BCUT2D eigenvalue weighted by molar-refractivity contribution is 0.820. The van der Waals surface area contributed by atoms with Crippen LogP contribution in [0.4, 0.5) is 5.69 Å². The van der Waals surface area contributed by atoms with Crippen molar-refractivity contribution in [1.82, 2.24) is 4.90 Å². The van der Waals surface area contributed by atoms with Gasteiger partial charge in [0.2, 0.25) is 0 Å². The van der Waals surface area contributed by atoms with Gasteiger partial charge in [0.15, 0.2) is 0 Å². The van der Waals surface area contributed by atoms with Crippen molar-refractivity contribution in [3.05, 3.63) is 71.4 Å². The van der Waals surface area contributed by atoms with Gasteiger partial charge in [-0.1, -0.05) is 42.5 Å². The molecule has 2 aromatic carbocycles. The van der Waals surface area contributed by atoms with Gasteiger partial charge in [-0.2, -0.15) is 0 Å². The maximum absolute atomic E-state index is 4.54. The number of nitrogens with zero attached hydrogens (tertiary/aromatic N) is 2. The molecule has 0 aromatic heterocycles. The molecule has 0 radical (unpaired) electrons. The average molecular weight is 244 g/mol. The highest BCUT2D eigenvalue weighted by Crippen LogP contribution is 2.34. The summed E-state index contributed by atoms with van der Waals surface area (Å²) in [6.45, 7) is 0. The van der Waals surface area contributed by atoms with Gasteiger partial charge in [0, 0.05) is 17.3 Å². The smallest absolute Gasteiger partial charge is 0.0998 e. The van der Waals surface area contributed by atoms with Crippen LogP contribution in [0.15, 0.2) is 59.7 Å². The fourth-order valence-corrected chi connectivity index (χ4v) is 2.51. The minimum Gasteiger partial charge on any atom is -0.307 e. The monoisotopic (exact) mass is 244 g/mol. The fraction of sp³-hybridized carbons (Fsp3) is 0. The SMILES string of the molecule is C1=CN2C=Nc3ccccc3C=C2c2ccccc21. The first-order valence-corrected chi connectivity index (χ1v) is 6.33. The van der Waals surface area contributed by atoms with Gasteiger partial charge < -0.3 is 4.90 Å². The first-order chi connectivity index (χ1) is 9.42. The maximum Gasteiger partial charge on any atom is 0.0998 e. The zero-order valence-electron chi connectivity index (χ0n) is 10.3. The first-order valence-electron chi connectivity index (χ1n) is 6.33. The van der Waals surface area contributed by atoms with Crippen molar-refractivity contribution in [3.63, 3.8) is 0 Å². The van der Waals surface area contributed by atoms with Gasteiger partial charge in [-0.15, -0.1) is 0 Å². The Bertz CT molecular complexity index is 732. The van der Waals surface area contributed by atoms with E-state index in [1.165, 1.54) is 16.8 Å². The Morgan fingerprint density at radius 1 is 0.842 bits per heavy atom. The molecule has 2 aromatic rings. The summed E-state index contributed by atoms with van der Waals surface area (Å²) in [5.74, 6) is 0. The highest BCUT2D eigenvalue weighted by Gasteiger charge is 2.17. The van der Waals surface area contributed by atoms with Crippen LogP contribution in [0.2, 0.25) is 0 Å². The Kier molecular flexibility index (Phi) is 2.15. The molecule has 0 saturated heterocycles. The van der Waals surface area contributed by atoms with Crippen molar-refractivity contribution in [2.75, 3.05) is 0 Å². The van der Waals surface area contributed by atoms with E-state index in [4.69, 9.17) is 0 Å². The van der Waals surface area contributed by atoms with Crippen molar-refractivity contribution in [3.8, 4) is 0 Å². The molecule has 0 atom stereocenters. The van der Waals surface area contributed by atoms with Gasteiger partial charge in [0.1, 0.15) is 0 Å². The second kappa shape index (κ2) is 3.95. The lowest BCUT2D eigenvalue weighted by Crippen LogP contribution is -2.16. The Hall–Kier alpha value is -2.61. The highest BCUT2D eigenvalue weighted by molar-refractivity contribution is 5.96. The van der Waals surface area contributed by atoms with Crippen LogP contribution >= 0.6 is 0 Å². The lowest BCUT2D eigenvalue weighted by Gasteiger charge is -2.23. The van der Waals surface area contributed by atoms with E-state index in [1.807, 2.05) is 24.5 Å². The van der Waals surface area contributed by atoms with Crippen LogP contribution in [0.3, 0.4) is 0 Å². The zero-order valence-corrected chi connectivity index (χ0v) is 10.3. The molecule has 0 saturated carbocycles. The summed E-state index contributed by atoms with van der Waals surface area (Å²) in [5.41, 5.74) is 5.83. The summed E-state index contributed by atoms with van der Waals surface area (Å²) in [6.07, 6.45) is 8.26. The molecule has 2 aliphatic heterocycles. The summed E-state index contributed by atoms with van der Waals surface area (Å²) < 4.78 is 0. The number of para-hydroxylation sites is 1. The molecule has 4 rings (SSSR count). The molecule has 0 spiro atoms. The van der Waals surface area contributed by atoms with E-state index < -0.39 is 0 Å². The largest absolute Gasteiger partial charge is 0.307 e. The molecule has 2 heteroatoms. The lowest BCUT2D eigenvalue weighted by atomic mass is 9.99. The first kappa shape index (κ1) is 10.3. The van der Waals surface area contributed by atoms with Crippen molar-refractivity contribution in [2.24, 2.45) is 4.99 Å². The average Bonchev–Trinajstić information content (AvgIpc) is 2.66. The quantitative estimate of drug-likeness (QED) is 0.680. The summed E-state index contributed by atoms with van der Waals surface area (Å²) in [7, 11) is 0. The predicted molar refractivity (Wildman–Crippen MR) is 79.8 cm³/mol. The van der Waals surface area contributed by atoms with Gasteiger partial charge in [-0.3, -0.25) is 0 Å². The van der Waals surface area contributed by atoms with Gasteiger partial charge in [0.25, 0.3) is 0 Å². The molecular formula is C17H12N2. The molecule has 0 amide bonds. The van der Waals surface area contributed by atoms with Gasteiger partial charge in [-0.05, 0) is 23.8 Å². The summed E-state index contributed by atoms with van der Waals surface area (Å²) in [5, 5.41) is 0. The zero-order chi connectivity index (χ0) is 12.7. The van der Waals surface area contributed by atoms with Crippen LogP contribution in [-0.2, 0) is 0 Å². The van der Waals surface area contributed by atoms with E-state index in [2.05, 4.69) is 58.6 Å². The molecular weight excluding hydrogens is 232 g/mol. The molecule has 90 valence electrons. The normalized spacial score (nSPS) is 15.2. The number of hydrogen-bond acceptors (Lipinski definition) is 2. The van der Waals surface area contributed by atoms with Crippen LogP contribution in [0, 0.1) is 0 Å². The Labute approximate surface area is 112 Å². The molecule has 0 bridgehead atoms. The topological polar surface area (TPSA) is 15.6 Å². The third kappa shape index (κ3) is 1.61. The van der Waals surface area contributed by atoms with Gasteiger partial charge in [-0.25, -0.2) is 4.99 Å². The summed E-state index contributed by atoms with van der Waals surface area (Å²) >= 11 is 0. The summed E-state index contributed by atoms with van der Waals surface area (Å²) in [4.78, 5) is 6.61. The number of hydrogen-bond donors (Lipinski definition) is 0. The Balaban J connectivity index is 1.98. The number of rotatable bonds is 0. The minimum absolute atomic E-state index is 1.01. The summed E-state index contributed by atoms with van der Waals surface area (Å²) in [6, 6.07) is 16.6. The Morgan fingerprint density at radius 2 is 1.63 bits per heavy atom. The van der Waals surface area contributed by atoms with Crippen molar-refractivity contribution >= 4 is 29.9 Å². The predicted octanol–water partition coefficient (Wildman–Crippen LogP) is 4.14. The maximum atomic E-state index is 4.54. The number of fused-ring (bicyclic) bond motifs is 4. The highest BCUT2D eigenvalue weighted by atomic mass is 15.2. The van der Waals surface area contributed by atoms with Gasteiger partial charge in [0.05, 0.1) is 17.7 Å². The van der Waals surface area contributed by atoms with Crippen LogP contribution < -0.4 is 0 Å². The molecule has 0 fully saturated rings. The van der Waals surface area contributed by atoms with Crippen LogP contribution in [-0.4, -0.2) is 11.2 Å². The van der Waals surface area contributed by atoms with Crippen molar-refractivity contribution < 1.29 is 0 Å². The van der Waals surface area contributed by atoms with E-state index in [9.17, 15) is 0 Å². The molecule has 2 heterocycles. The third-order valence-corrected chi connectivity index (χ3v) is 3.48. The third-order valence-electron chi connectivity index (χ3n) is 3.48. The van der Waals surface area contributed by atoms with Gasteiger partial charge >= 0.3 is 0 Å². The molecule has 2 nitrogen and oxygen atoms in total. The van der Waals surface area contributed by atoms with Crippen LogP contribution in [0.25, 0.3) is 17.8 Å². The van der Waals surface area contributed by atoms with E-state index in [0.717, 1.165) is 11.3 Å². The molecule has 0 unspecified atom stereocenters. The standard InChI is InChI=1S/C17H12N2/c1-3-7-15-13(5-1)9-10-19-12-18-16-8-4-2-6-14(16)11-17(15)19/h1-12H. The Morgan fingerprint density at radius 3 is 2.58 bits per heavy atom. The van der Waals surface area contributed by atoms with Crippen LogP contribution in [0.5, 0.6) is 0 Å². The second-order valence-corrected chi connectivity index (χ2v) is 4.64. The number of aliphatic imine (C=N–C) groups is 1. The number of benzene rings is 2. The van der Waals surface area contributed by atoms with E-state index >= 15 is 0 Å². The second-order valence-electron chi connectivity index (χ2n) is 4.64. The molecule has 0 aliphatic carbocycles. The van der Waals surface area contributed by atoms with Crippen molar-refractivity contribution in [1.29, 1.82) is 0 Å². The van der Waals surface area contributed by atoms with Crippen molar-refractivity contribution in [2.45, 2.75) is 0 Å². The van der Waals surface area contributed by atoms with E-state index in [0.29, 0.717) is 0 Å². The molecule has 2 aliphatic rings. The molecule has 19 heavy (non-hydrogen) atoms. The van der Waals surface area contributed by atoms with E-state index in [-0.39, 0.29) is 0 Å². The van der Waals surface area contributed by atoms with E-state index in [1.54, 1.807) is 0 Å². The minimum atomic E-state index is 1.01. The fourth-order valence-electron chi connectivity index (χ4n) is 2.51. The molecule has 0 N–H and O–H groups in total.